The van der Waals surface area contributed by atoms with Gasteiger partial charge in [-0.15, -0.1) is 0 Å². The summed E-state index contributed by atoms with van der Waals surface area (Å²) in [5.41, 5.74) is 0.808. The Morgan fingerprint density at radius 2 is 1.52 bits per heavy atom. The summed E-state index contributed by atoms with van der Waals surface area (Å²) in [7, 11) is 0. The monoisotopic (exact) mass is 521 g/mol. The molecule has 1 unspecified atom stereocenters. The number of carbonyl (C=O) groups excluding carboxylic acids is 1. The van der Waals surface area contributed by atoms with E-state index in [0.717, 1.165) is 0 Å². The predicted octanol–water partition coefficient (Wildman–Crippen LogP) is 7.48. The average molecular weight is 523 g/mol. The van der Waals surface area contributed by atoms with E-state index in [9.17, 15) is 9.59 Å². The summed E-state index contributed by atoms with van der Waals surface area (Å²) in [5.74, 6) is -0.475. The van der Waals surface area contributed by atoms with Gasteiger partial charge >= 0.3 is 0 Å². The van der Waals surface area contributed by atoms with Crippen LogP contribution in [0.15, 0.2) is 69.9 Å². The van der Waals surface area contributed by atoms with Crippen LogP contribution in [0.2, 0.25) is 20.1 Å². The molecule has 1 heterocycles. The highest BCUT2D eigenvalue weighted by Crippen LogP contribution is 2.33. The molecular weight excluding hydrogens is 508 g/mol. The van der Waals surface area contributed by atoms with Crippen LogP contribution in [0.25, 0.3) is 22.3 Å². The first-order valence-electron chi connectivity index (χ1n) is 9.67. The van der Waals surface area contributed by atoms with E-state index in [2.05, 4.69) is 5.32 Å². The lowest BCUT2D eigenvalue weighted by molar-refractivity contribution is -0.122. The second-order valence-electron chi connectivity index (χ2n) is 7.14. The highest BCUT2D eigenvalue weighted by atomic mass is 35.5. The minimum Gasteiger partial charge on any atom is -0.473 e. The van der Waals surface area contributed by atoms with Crippen LogP contribution >= 0.6 is 46.4 Å². The van der Waals surface area contributed by atoms with Crippen molar-refractivity contribution in [3.8, 4) is 17.1 Å². The number of carbonyl (C=O) groups is 1. The van der Waals surface area contributed by atoms with Crippen molar-refractivity contribution in [2.75, 3.05) is 5.32 Å². The zero-order chi connectivity index (χ0) is 23.7. The van der Waals surface area contributed by atoms with Crippen molar-refractivity contribution in [2.45, 2.75) is 13.0 Å². The van der Waals surface area contributed by atoms with E-state index in [0.29, 0.717) is 36.9 Å². The van der Waals surface area contributed by atoms with Crippen molar-refractivity contribution >= 4 is 69.0 Å². The molecule has 1 aromatic heterocycles. The molecule has 0 saturated heterocycles. The summed E-state index contributed by atoms with van der Waals surface area (Å²) >= 11 is 24.0. The maximum Gasteiger partial charge on any atom is 0.265 e. The minimum absolute atomic E-state index is 0.126. The second kappa shape index (κ2) is 9.65. The fourth-order valence-corrected chi connectivity index (χ4v) is 3.97. The van der Waals surface area contributed by atoms with Crippen LogP contribution < -0.4 is 15.5 Å². The molecule has 1 amide bonds. The highest BCUT2D eigenvalue weighted by molar-refractivity contribution is 6.35. The number of amides is 1. The van der Waals surface area contributed by atoms with Crippen molar-refractivity contribution in [1.82, 2.24) is 0 Å². The molecule has 0 saturated carbocycles. The molecule has 33 heavy (non-hydrogen) atoms. The van der Waals surface area contributed by atoms with Gasteiger partial charge in [0, 0.05) is 31.3 Å². The molecule has 1 N–H and O–H groups in total. The van der Waals surface area contributed by atoms with Crippen molar-refractivity contribution in [2.24, 2.45) is 0 Å². The third-order valence-electron chi connectivity index (χ3n) is 4.71. The quantitative estimate of drug-likeness (QED) is 0.295. The van der Waals surface area contributed by atoms with Gasteiger partial charge < -0.3 is 14.5 Å². The molecule has 0 aliphatic carbocycles. The van der Waals surface area contributed by atoms with Gasteiger partial charge in [-0.3, -0.25) is 9.59 Å². The Labute approximate surface area is 208 Å². The van der Waals surface area contributed by atoms with Crippen LogP contribution in [-0.4, -0.2) is 12.0 Å². The molecule has 0 spiro atoms. The number of ether oxygens (including phenoxy) is 1. The Kier molecular flexibility index (Phi) is 6.86. The number of hydrogen-bond donors (Lipinski definition) is 1. The number of hydrogen-bond acceptors (Lipinski definition) is 4. The van der Waals surface area contributed by atoms with Crippen LogP contribution in [0, 0.1) is 0 Å². The van der Waals surface area contributed by atoms with Crippen LogP contribution in [0.4, 0.5) is 5.69 Å². The number of rotatable bonds is 5. The molecule has 9 heteroatoms. The summed E-state index contributed by atoms with van der Waals surface area (Å²) in [6, 6.07) is 16.0. The van der Waals surface area contributed by atoms with Gasteiger partial charge in [-0.1, -0.05) is 46.4 Å². The Morgan fingerprint density at radius 3 is 2.18 bits per heavy atom. The zero-order valence-electron chi connectivity index (χ0n) is 17.0. The number of benzene rings is 3. The average Bonchev–Trinajstić information content (AvgIpc) is 2.75. The fourth-order valence-electron chi connectivity index (χ4n) is 3.15. The molecule has 1 atom stereocenters. The molecule has 3 aromatic carbocycles. The Morgan fingerprint density at radius 1 is 0.879 bits per heavy atom. The summed E-state index contributed by atoms with van der Waals surface area (Å²) < 4.78 is 11.8. The lowest BCUT2D eigenvalue weighted by Crippen LogP contribution is -2.31. The molecule has 0 aliphatic rings. The molecule has 4 rings (SSSR count). The number of nitrogens with one attached hydrogen (secondary N) is 1. The van der Waals surface area contributed by atoms with Gasteiger partial charge in [0.1, 0.15) is 5.58 Å². The normalized spacial score (nSPS) is 11.9. The van der Waals surface area contributed by atoms with Gasteiger partial charge in [-0.25, -0.2) is 0 Å². The fraction of sp³-hybridized carbons (Fsp3) is 0.0833. The van der Waals surface area contributed by atoms with Gasteiger partial charge in [0.05, 0.1) is 5.39 Å². The maximum atomic E-state index is 13.3. The molecule has 4 aromatic rings. The zero-order valence-corrected chi connectivity index (χ0v) is 20.0. The van der Waals surface area contributed by atoms with Gasteiger partial charge in [0.15, 0.2) is 11.9 Å². The van der Waals surface area contributed by atoms with Crippen LogP contribution in [0.5, 0.6) is 5.75 Å². The Bertz CT molecular complexity index is 1400. The van der Waals surface area contributed by atoms with E-state index in [1.165, 1.54) is 13.0 Å². The van der Waals surface area contributed by atoms with E-state index in [-0.39, 0.29) is 16.9 Å². The topological polar surface area (TPSA) is 68.5 Å². The summed E-state index contributed by atoms with van der Waals surface area (Å²) in [6.07, 6.45) is -1.06. The van der Waals surface area contributed by atoms with E-state index in [4.69, 9.17) is 55.6 Å². The van der Waals surface area contributed by atoms with Gasteiger partial charge in [0.2, 0.25) is 11.2 Å². The van der Waals surface area contributed by atoms with E-state index < -0.39 is 17.4 Å². The van der Waals surface area contributed by atoms with E-state index in [1.807, 2.05) is 0 Å². The first-order valence-corrected chi connectivity index (χ1v) is 11.2. The summed E-state index contributed by atoms with van der Waals surface area (Å²) in [6.45, 7) is 1.51. The molecule has 5 nitrogen and oxygen atoms in total. The summed E-state index contributed by atoms with van der Waals surface area (Å²) in [5, 5.41) is 4.51. The number of anilines is 1. The predicted molar refractivity (Wildman–Crippen MR) is 133 cm³/mol. The van der Waals surface area contributed by atoms with Crippen LogP contribution in [0.1, 0.15) is 6.92 Å². The SMILES string of the molecule is CC(Oc1c(-c2ccc(Cl)cc2)oc2ccc(Cl)cc2c1=O)C(=O)Nc1cc(Cl)cc(Cl)c1. The van der Waals surface area contributed by atoms with Crippen LogP contribution in [0.3, 0.4) is 0 Å². The molecule has 0 radical (unpaired) electrons. The standard InChI is InChI=1S/C24H15Cl4NO4/c1-12(24(31)29-18-9-16(27)8-17(28)10-18)32-23-21(30)19-11-15(26)6-7-20(19)33-22(23)13-2-4-14(25)5-3-13/h2-12H,1H3,(H,29,31). The lowest BCUT2D eigenvalue weighted by atomic mass is 10.1. The summed E-state index contributed by atoms with van der Waals surface area (Å²) in [4.78, 5) is 26.1. The maximum absolute atomic E-state index is 13.3. The van der Waals surface area contributed by atoms with E-state index >= 15 is 0 Å². The van der Waals surface area contributed by atoms with Crippen molar-refractivity contribution < 1.29 is 13.9 Å². The smallest absolute Gasteiger partial charge is 0.265 e. The molecule has 0 aliphatic heterocycles. The van der Waals surface area contributed by atoms with Gasteiger partial charge in [0.25, 0.3) is 5.91 Å². The third-order valence-corrected chi connectivity index (χ3v) is 5.63. The van der Waals surface area contributed by atoms with Crippen molar-refractivity contribution in [3.63, 3.8) is 0 Å². The molecular formula is C24H15Cl4NO4. The largest absolute Gasteiger partial charge is 0.473 e. The number of halogens is 4. The first-order chi connectivity index (χ1) is 15.7. The van der Waals surface area contributed by atoms with Gasteiger partial charge in [-0.05, 0) is 67.6 Å². The highest BCUT2D eigenvalue weighted by Gasteiger charge is 2.23. The van der Waals surface area contributed by atoms with Crippen molar-refractivity contribution in [1.29, 1.82) is 0 Å². The molecule has 168 valence electrons. The third kappa shape index (κ3) is 5.28. The van der Waals surface area contributed by atoms with E-state index in [1.54, 1.807) is 54.6 Å². The number of fused-ring (bicyclic) bond motifs is 1. The van der Waals surface area contributed by atoms with Crippen molar-refractivity contribution in [3.05, 3.63) is 91.0 Å². The second-order valence-corrected chi connectivity index (χ2v) is 8.89. The van der Waals surface area contributed by atoms with Crippen LogP contribution in [-0.2, 0) is 4.79 Å². The molecule has 0 bridgehead atoms. The minimum atomic E-state index is -1.06. The Balaban J connectivity index is 1.74. The van der Waals surface area contributed by atoms with Gasteiger partial charge in [-0.2, -0.15) is 0 Å². The lowest BCUT2D eigenvalue weighted by Gasteiger charge is -2.17. The first kappa shape index (κ1) is 23.5. The molecule has 0 fully saturated rings. The Hall–Kier alpha value is -2.70.